The quantitative estimate of drug-likeness (QED) is 0.816. The van der Waals surface area contributed by atoms with Gasteiger partial charge in [-0.05, 0) is 75.3 Å². The van der Waals surface area contributed by atoms with Crippen LogP contribution in [0.3, 0.4) is 0 Å². The van der Waals surface area contributed by atoms with Crippen molar-refractivity contribution >= 4 is 0 Å². The van der Waals surface area contributed by atoms with E-state index in [2.05, 4.69) is 4.90 Å². The van der Waals surface area contributed by atoms with Crippen LogP contribution in [0.15, 0.2) is 0 Å². The Kier molecular flexibility index (Phi) is 3.20. The van der Waals surface area contributed by atoms with Crippen molar-refractivity contribution in [3.63, 3.8) is 0 Å². The third-order valence-corrected chi connectivity index (χ3v) is 5.90. The molecule has 17 heavy (non-hydrogen) atoms. The molecule has 1 saturated heterocycles. The SMILES string of the molecule is OCC12CCC(CN3CCCCC3)(CC1)CC2. The standard InChI is InChI=1S/C15H27NO/c17-13-15-7-4-14(5-8-15,6-9-15)12-16-10-2-1-3-11-16/h17H,1-13H2. The summed E-state index contributed by atoms with van der Waals surface area (Å²) in [4.78, 5) is 2.72. The van der Waals surface area contributed by atoms with Crippen LogP contribution < -0.4 is 0 Å². The van der Waals surface area contributed by atoms with Crippen LogP contribution in [0.2, 0.25) is 0 Å². The lowest BCUT2D eigenvalue weighted by Crippen LogP contribution is -2.49. The molecule has 0 amide bonds. The van der Waals surface area contributed by atoms with Crippen molar-refractivity contribution in [1.29, 1.82) is 0 Å². The maximum atomic E-state index is 9.56. The second-order valence-electron chi connectivity index (χ2n) is 6.99. The van der Waals surface area contributed by atoms with Crippen LogP contribution in [-0.4, -0.2) is 36.2 Å². The van der Waals surface area contributed by atoms with Gasteiger partial charge in [0.15, 0.2) is 0 Å². The predicted molar refractivity (Wildman–Crippen MR) is 69.9 cm³/mol. The van der Waals surface area contributed by atoms with Crippen molar-refractivity contribution < 1.29 is 5.11 Å². The molecule has 0 aromatic carbocycles. The van der Waals surface area contributed by atoms with Crippen LogP contribution in [0.1, 0.15) is 57.8 Å². The van der Waals surface area contributed by atoms with Gasteiger partial charge in [0.1, 0.15) is 0 Å². The van der Waals surface area contributed by atoms with Gasteiger partial charge in [0.25, 0.3) is 0 Å². The molecule has 2 nitrogen and oxygen atoms in total. The molecule has 0 atom stereocenters. The highest BCUT2D eigenvalue weighted by atomic mass is 16.3. The Morgan fingerprint density at radius 1 is 0.765 bits per heavy atom. The number of likely N-dealkylation sites (tertiary alicyclic amines) is 1. The molecule has 1 N–H and O–H groups in total. The highest BCUT2D eigenvalue weighted by Crippen LogP contribution is 2.56. The van der Waals surface area contributed by atoms with Crippen molar-refractivity contribution in [2.45, 2.75) is 57.8 Å². The Hall–Kier alpha value is -0.0800. The van der Waals surface area contributed by atoms with Gasteiger partial charge in [-0.1, -0.05) is 6.42 Å². The van der Waals surface area contributed by atoms with Crippen molar-refractivity contribution in [3.05, 3.63) is 0 Å². The zero-order valence-electron chi connectivity index (χ0n) is 11.1. The van der Waals surface area contributed by atoms with Crippen molar-refractivity contribution in [3.8, 4) is 0 Å². The molecule has 4 aliphatic rings. The first kappa shape index (κ1) is 12.0. The summed E-state index contributed by atoms with van der Waals surface area (Å²) in [6, 6.07) is 0. The van der Waals surface area contributed by atoms with E-state index in [9.17, 15) is 5.11 Å². The van der Waals surface area contributed by atoms with Crippen molar-refractivity contribution in [2.75, 3.05) is 26.2 Å². The maximum absolute atomic E-state index is 9.56. The second-order valence-corrected chi connectivity index (χ2v) is 6.99. The fourth-order valence-corrected chi connectivity index (χ4v) is 4.41. The topological polar surface area (TPSA) is 23.5 Å². The number of nitrogens with zero attached hydrogens (tertiary/aromatic N) is 1. The molecule has 2 bridgehead atoms. The fraction of sp³-hybridized carbons (Fsp3) is 1.00. The van der Waals surface area contributed by atoms with Gasteiger partial charge in [0.2, 0.25) is 0 Å². The Morgan fingerprint density at radius 3 is 1.82 bits per heavy atom. The molecule has 1 aliphatic heterocycles. The number of fused-ring (bicyclic) bond motifs is 3. The maximum Gasteiger partial charge on any atom is 0.0487 e. The molecular formula is C15H27NO. The smallest absolute Gasteiger partial charge is 0.0487 e. The average molecular weight is 237 g/mol. The molecular weight excluding hydrogens is 210 g/mol. The molecule has 98 valence electrons. The number of hydrogen-bond donors (Lipinski definition) is 1. The molecule has 0 unspecified atom stereocenters. The van der Waals surface area contributed by atoms with Crippen molar-refractivity contribution in [2.24, 2.45) is 10.8 Å². The minimum atomic E-state index is 0.337. The highest BCUT2D eigenvalue weighted by molar-refractivity contribution is 5.00. The number of aliphatic hydroxyl groups excluding tert-OH is 1. The summed E-state index contributed by atoms with van der Waals surface area (Å²) in [5, 5.41) is 9.56. The van der Waals surface area contributed by atoms with Crippen LogP contribution in [-0.2, 0) is 0 Å². The van der Waals surface area contributed by atoms with Gasteiger partial charge in [0, 0.05) is 13.2 Å². The Labute approximate surface area is 105 Å². The first-order chi connectivity index (χ1) is 8.26. The summed E-state index contributed by atoms with van der Waals surface area (Å²) in [7, 11) is 0. The van der Waals surface area contributed by atoms with Gasteiger partial charge >= 0.3 is 0 Å². The van der Waals surface area contributed by atoms with Gasteiger partial charge in [-0.15, -0.1) is 0 Å². The second kappa shape index (κ2) is 4.55. The minimum absolute atomic E-state index is 0.337. The summed E-state index contributed by atoms with van der Waals surface area (Å²) >= 11 is 0. The van der Waals surface area contributed by atoms with E-state index >= 15 is 0 Å². The predicted octanol–water partition coefficient (Wildman–Crippen LogP) is 2.81. The van der Waals surface area contributed by atoms with Crippen molar-refractivity contribution in [1.82, 2.24) is 4.90 Å². The Bertz CT molecular complexity index is 246. The molecule has 3 saturated carbocycles. The van der Waals surface area contributed by atoms with Gasteiger partial charge < -0.3 is 10.0 Å². The molecule has 0 spiro atoms. The first-order valence-electron chi connectivity index (χ1n) is 7.59. The van der Waals surface area contributed by atoms with Crippen LogP contribution in [0, 0.1) is 10.8 Å². The summed E-state index contributed by atoms with van der Waals surface area (Å²) < 4.78 is 0. The monoisotopic (exact) mass is 237 g/mol. The number of hydrogen-bond acceptors (Lipinski definition) is 2. The summed E-state index contributed by atoms with van der Waals surface area (Å²) in [5.41, 5.74) is 0.970. The number of rotatable bonds is 3. The third kappa shape index (κ3) is 2.26. The summed E-state index contributed by atoms with van der Waals surface area (Å²) in [6.45, 7) is 4.47. The van der Waals surface area contributed by atoms with E-state index in [1.54, 1.807) is 0 Å². The highest BCUT2D eigenvalue weighted by Gasteiger charge is 2.48. The molecule has 0 aromatic rings. The third-order valence-electron chi connectivity index (χ3n) is 5.90. The van der Waals surface area contributed by atoms with Gasteiger partial charge in [-0.25, -0.2) is 0 Å². The van der Waals surface area contributed by atoms with Gasteiger partial charge in [0.05, 0.1) is 0 Å². The van der Waals surface area contributed by atoms with E-state index in [0.717, 1.165) is 0 Å². The van der Waals surface area contributed by atoms with Gasteiger partial charge in [-0.2, -0.15) is 0 Å². The molecule has 2 heteroatoms. The molecule has 0 radical (unpaired) electrons. The molecule has 3 aliphatic carbocycles. The largest absolute Gasteiger partial charge is 0.396 e. The van der Waals surface area contributed by atoms with Crippen LogP contribution in [0.4, 0.5) is 0 Å². The molecule has 4 fully saturated rings. The van der Waals surface area contributed by atoms with E-state index in [1.165, 1.54) is 77.4 Å². The molecule has 1 heterocycles. The fourth-order valence-electron chi connectivity index (χ4n) is 4.41. The zero-order valence-corrected chi connectivity index (χ0v) is 11.1. The van der Waals surface area contributed by atoms with Crippen LogP contribution in [0.5, 0.6) is 0 Å². The molecule has 4 rings (SSSR count). The minimum Gasteiger partial charge on any atom is -0.396 e. The first-order valence-corrected chi connectivity index (χ1v) is 7.59. The van der Waals surface area contributed by atoms with Crippen LogP contribution in [0.25, 0.3) is 0 Å². The lowest BCUT2D eigenvalue weighted by atomic mass is 9.54. The van der Waals surface area contributed by atoms with Crippen LogP contribution >= 0.6 is 0 Å². The summed E-state index contributed by atoms with van der Waals surface area (Å²) in [6.07, 6.45) is 12.3. The Morgan fingerprint density at radius 2 is 1.29 bits per heavy atom. The average Bonchev–Trinajstić information content (AvgIpc) is 2.42. The van der Waals surface area contributed by atoms with E-state index in [1.807, 2.05) is 0 Å². The van der Waals surface area contributed by atoms with E-state index < -0.39 is 0 Å². The molecule has 0 aromatic heterocycles. The lowest BCUT2D eigenvalue weighted by Gasteiger charge is -2.54. The summed E-state index contributed by atoms with van der Waals surface area (Å²) in [5.74, 6) is 0. The van der Waals surface area contributed by atoms with Gasteiger partial charge in [-0.3, -0.25) is 0 Å². The lowest BCUT2D eigenvalue weighted by molar-refractivity contribution is -0.0580. The van der Waals surface area contributed by atoms with E-state index in [-0.39, 0.29) is 0 Å². The number of piperidine rings is 1. The normalized spacial score (nSPS) is 42.9. The zero-order chi connectivity index (χ0) is 11.8. The Balaban J connectivity index is 1.60. The van der Waals surface area contributed by atoms with E-state index in [0.29, 0.717) is 17.4 Å². The number of aliphatic hydroxyl groups is 1. The van der Waals surface area contributed by atoms with E-state index in [4.69, 9.17) is 0 Å².